The zero-order chi connectivity index (χ0) is 29.1. The molecular formula is C28H35N7O4. The van der Waals surface area contributed by atoms with Crippen LogP contribution in [0.2, 0.25) is 0 Å². The predicted molar refractivity (Wildman–Crippen MR) is 150 cm³/mol. The zero-order valence-corrected chi connectivity index (χ0v) is 23.7. The maximum Gasteiger partial charge on any atom is 0.408 e. The van der Waals surface area contributed by atoms with Crippen LogP contribution in [0.3, 0.4) is 0 Å². The molecule has 39 heavy (non-hydrogen) atoms. The molecule has 0 bridgehead atoms. The molecule has 11 nitrogen and oxygen atoms in total. The van der Waals surface area contributed by atoms with Gasteiger partial charge in [0.15, 0.2) is 11.2 Å². The van der Waals surface area contributed by atoms with E-state index in [-0.39, 0.29) is 24.3 Å². The second kappa shape index (κ2) is 11.1. The standard InChI is InChI=1S/C28H35N7O4/c1-9-10-15-34-21-22(30-24(34)32(7)18-28(5,6)31-25(37)39-27(2,3)4)33(8)26(38)35(23(21)36)17-20-13-11-19(16-29)12-14-20/h11-14H,15,17-18H2,1-8H3,(H,31,37). The largest absolute Gasteiger partial charge is 0.444 e. The van der Waals surface area contributed by atoms with Gasteiger partial charge in [0.05, 0.1) is 30.3 Å². The lowest BCUT2D eigenvalue weighted by Crippen LogP contribution is -2.52. The number of nitrogens with one attached hydrogen (secondary N) is 1. The highest BCUT2D eigenvalue weighted by Crippen LogP contribution is 2.21. The minimum absolute atomic E-state index is 0.0375. The fourth-order valence-corrected chi connectivity index (χ4v) is 4.25. The Morgan fingerprint density at radius 1 is 1.13 bits per heavy atom. The number of benzene rings is 1. The van der Waals surface area contributed by atoms with E-state index in [9.17, 15) is 14.4 Å². The van der Waals surface area contributed by atoms with Crippen molar-refractivity contribution in [1.29, 1.82) is 5.26 Å². The van der Waals surface area contributed by atoms with Crippen LogP contribution in [0.4, 0.5) is 10.7 Å². The Labute approximate surface area is 227 Å². The Bertz CT molecular complexity index is 1600. The fourth-order valence-electron chi connectivity index (χ4n) is 4.25. The van der Waals surface area contributed by atoms with Gasteiger partial charge in [0.1, 0.15) is 5.60 Å². The van der Waals surface area contributed by atoms with Gasteiger partial charge in [-0.15, -0.1) is 5.92 Å². The quantitative estimate of drug-likeness (QED) is 0.463. The van der Waals surface area contributed by atoms with E-state index < -0.39 is 28.5 Å². The summed E-state index contributed by atoms with van der Waals surface area (Å²) in [6.45, 7) is 11.3. The Morgan fingerprint density at radius 3 is 2.33 bits per heavy atom. The molecule has 3 aromatic rings. The lowest BCUT2D eigenvalue weighted by molar-refractivity contribution is 0.0475. The topological polar surface area (TPSA) is 127 Å². The SMILES string of the molecule is CC#CCn1c(N(C)CC(C)(C)NC(=O)OC(C)(C)C)nc2c1c(=O)n(Cc1ccc(C#N)cc1)c(=O)n2C. The van der Waals surface area contributed by atoms with Gasteiger partial charge in [-0.2, -0.15) is 10.2 Å². The summed E-state index contributed by atoms with van der Waals surface area (Å²) in [5.41, 5.74) is -0.689. The number of hydrogen-bond acceptors (Lipinski definition) is 7. The lowest BCUT2D eigenvalue weighted by Gasteiger charge is -2.32. The molecule has 2 aromatic heterocycles. The molecular weight excluding hydrogens is 498 g/mol. The first-order valence-electron chi connectivity index (χ1n) is 12.5. The Hall–Kier alpha value is -4.51. The van der Waals surface area contributed by atoms with Gasteiger partial charge in [-0.05, 0) is 59.2 Å². The Morgan fingerprint density at radius 2 is 1.77 bits per heavy atom. The van der Waals surface area contributed by atoms with Crippen molar-refractivity contribution in [3.05, 3.63) is 56.2 Å². The fraction of sp³-hybridized carbons (Fsp3) is 0.464. The smallest absolute Gasteiger partial charge is 0.408 e. The number of alkyl carbamates (subject to hydrolysis) is 1. The summed E-state index contributed by atoms with van der Waals surface area (Å²) in [7, 11) is 3.36. The summed E-state index contributed by atoms with van der Waals surface area (Å²) in [6.07, 6.45) is -0.542. The number of carbonyl (C=O) groups is 1. The van der Waals surface area contributed by atoms with E-state index >= 15 is 0 Å². The third kappa shape index (κ3) is 6.68. The van der Waals surface area contributed by atoms with Crippen molar-refractivity contribution in [2.45, 2.75) is 65.8 Å². The van der Waals surface area contributed by atoms with Gasteiger partial charge >= 0.3 is 11.8 Å². The average molecular weight is 534 g/mol. The molecule has 0 unspecified atom stereocenters. The molecule has 1 N–H and O–H groups in total. The number of fused-ring (bicyclic) bond motifs is 1. The van der Waals surface area contributed by atoms with Gasteiger partial charge in [0.2, 0.25) is 5.95 Å². The summed E-state index contributed by atoms with van der Waals surface area (Å²) in [5.74, 6) is 6.27. The third-order valence-electron chi connectivity index (χ3n) is 5.86. The summed E-state index contributed by atoms with van der Waals surface area (Å²) in [5, 5.41) is 11.9. The number of anilines is 1. The van der Waals surface area contributed by atoms with Gasteiger partial charge < -0.3 is 15.0 Å². The molecule has 0 atom stereocenters. The van der Waals surface area contributed by atoms with Crippen molar-refractivity contribution >= 4 is 23.2 Å². The van der Waals surface area contributed by atoms with E-state index in [0.29, 0.717) is 23.6 Å². The first-order valence-corrected chi connectivity index (χ1v) is 12.5. The third-order valence-corrected chi connectivity index (χ3v) is 5.86. The number of imidazole rings is 1. The summed E-state index contributed by atoms with van der Waals surface area (Å²) < 4.78 is 9.58. The molecule has 0 aliphatic carbocycles. The number of rotatable bonds is 7. The number of carbonyl (C=O) groups excluding carboxylic acids is 1. The van der Waals surface area contributed by atoms with Crippen molar-refractivity contribution < 1.29 is 9.53 Å². The average Bonchev–Trinajstić information content (AvgIpc) is 3.22. The van der Waals surface area contributed by atoms with Crippen LogP contribution in [0.25, 0.3) is 11.2 Å². The van der Waals surface area contributed by atoms with Crippen LogP contribution in [0.15, 0.2) is 33.9 Å². The molecule has 0 spiro atoms. The van der Waals surface area contributed by atoms with Crippen molar-refractivity contribution in [3.63, 3.8) is 0 Å². The second-order valence-corrected chi connectivity index (χ2v) is 11.0. The Kier molecular flexibility index (Phi) is 8.25. The van der Waals surface area contributed by atoms with Crippen LogP contribution in [0, 0.1) is 23.2 Å². The minimum atomic E-state index is -0.724. The van der Waals surface area contributed by atoms with Gasteiger partial charge in [-0.3, -0.25) is 18.5 Å². The maximum absolute atomic E-state index is 13.7. The van der Waals surface area contributed by atoms with E-state index in [1.165, 1.54) is 4.57 Å². The zero-order valence-electron chi connectivity index (χ0n) is 23.7. The summed E-state index contributed by atoms with van der Waals surface area (Å²) >= 11 is 0. The minimum Gasteiger partial charge on any atom is -0.444 e. The Balaban J connectivity index is 2.07. The highest BCUT2D eigenvalue weighted by atomic mass is 16.6. The number of ether oxygens (including phenoxy) is 1. The highest BCUT2D eigenvalue weighted by molar-refractivity contribution is 5.75. The first-order chi connectivity index (χ1) is 18.2. The van der Waals surface area contributed by atoms with Gasteiger partial charge in [-0.1, -0.05) is 18.1 Å². The molecule has 1 amide bonds. The maximum atomic E-state index is 13.7. The molecule has 206 valence electrons. The van der Waals surface area contributed by atoms with E-state index in [1.807, 2.05) is 18.7 Å². The number of nitriles is 1. The number of hydrogen-bond donors (Lipinski definition) is 1. The normalized spacial score (nSPS) is 11.5. The van der Waals surface area contributed by atoms with Crippen LogP contribution in [-0.2, 0) is 24.9 Å². The molecule has 11 heteroatoms. The molecule has 0 saturated heterocycles. The van der Waals surface area contributed by atoms with Crippen molar-refractivity contribution in [3.8, 4) is 17.9 Å². The van der Waals surface area contributed by atoms with Gasteiger partial charge in [0.25, 0.3) is 5.56 Å². The van der Waals surface area contributed by atoms with Crippen molar-refractivity contribution in [2.75, 3.05) is 18.5 Å². The number of amides is 1. The number of nitrogens with zero attached hydrogens (tertiary/aromatic N) is 6. The molecule has 3 rings (SSSR count). The van der Waals surface area contributed by atoms with Gasteiger partial charge in [-0.25, -0.2) is 9.59 Å². The summed E-state index contributed by atoms with van der Waals surface area (Å²) in [6, 6.07) is 8.78. The van der Waals surface area contributed by atoms with Gasteiger partial charge in [0, 0.05) is 20.6 Å². The predicted octanol–water partition coefficient (Wildman–Crippen LogP) is 2.58. The van der Waals surface area contributed by atoms with Crippen LogP contribution >= 0.6 is 0 Å². The number of likely N-dealkylation sites (N-methyl/N-ethyl adjacent to an activating group) is 1. The second-order valence-electron chi connectivity index (χ2n) is 11.0. The van der Waals surface area contributed by atoms with E-state index in [2.05, 4.69) is 28.2 Å². The molecule has 0 aliphatic heterocycles. The van der Waals surface area contributed by atoms with Crippen LogP contribution in [0.5, 0.6) is 0 Å². The molecule has 2 heterocycles. The molecule has 0 aliphatic rings. The van der Waals surface area contributed by atoms with Crippen LogP contribution < -0.4 is 21.5 Å². The molecule has 0 radical (unpaired) electrons. The molecule has 1 aromatic carbocycles. The van der Waals surface area contributed by atoms with Crippen molar-refractivity contribution in [1.82, 2.24) is 24.0 Å². The van der Waals surface area contributed by atoms with Crippen molar-refractivity contribution in [2.24, 2.45) is 7.05 Å². The number of aromatic nitrogens is 4. The molecule has 0 saturated carbocycles. The van der Waals surface area contributed by atoms with Crippen LogP contribution in [-0.4, -0.2) is 49.5 Å². The lowest BCUT2D eigenvalue weighted by atomic mass is 10.1. The first kappa shape index (κ1) is 29.1. The van der Waals surface area contributed by atoms with E-state index in [1.54, 1.807) is 70.6 Å². The van der Waals surface area contributed by atoms with Crippen LogP contribution in [0.1, 0.15) is 52.7 Å². The van der Waals surface area contributed by atoms with E-state index in [4.69, 9.17) is 10.00 Å². The molecule has 0 fully saturated rings. The highest BCUT2D eigenvalue weighted by Gasteiger charge is 2.29. The monoisotopic (exact) mass is 533 g/mol. The number of aryl methyl sites for hydroxylation is 1. The van der Waals surface area contributed by atoms with E-state index in [0.717, 1.165) is 4.57 Å². The summed E-state index contributed by atoms with van der Waals surface area (Å²) in [4.78, 5) is 45.8.